The molecule has 1 aliphatic carbocycles. The van der Waals surface area contributed by atoms with Crippen molar-refractivity contribution in [1.82, 2.24) is 30.1 Å². The van der Waals surface area contributed by atoms with Gasteiger partial charge in [0.1, 0.15) is 23.4 Å². The lowest BCUT2D eigenvalue weighted by Gasteiger charge is -2.41. The Morgan fingerprint density at radius 1 is 0.921 bits per heavy atom. The van der Waals surface area contributed by atoms with Crippen LogP contribution < -0.4 is 20.3 Å². The number of likely N-dealkylation sites (tertiary alicyclic amines) is 1. The maximum absolute atomic E-state index is 13.8. The van der Waals surface area contributed by atoms with Crippen molar-refractivity contribution in [2.75, 3.05) is 43.5 Å². The summed E-state index contributed by atoms with van der Waals surface area (Å²) in [6.07, 6.45) is -1.07. The minimum absolute atomic E-state index is 0.0277. The van der Waals surface area contributed by atoms with E-state index in [-0.39, 0.29) is 51.6 Å². The zero-order valence-electron chi connectivity index (χ0n) is 36.8. The van der Waals surface area contributed by atoms with Crippen LogP contribution >= 0.6 is 0 Å². The molecule has 4 aromatic rings. The molecule has 2 aromatic heterocycles. The largest absolute Gasteiger partial charge is 0.573 e. The van der Waals surface area contributed by atoms with E-state index in [1.165, 1.54) is 25.4 Å². The average Bonchev–Trinajstić information content (AvgIpc) is 3.49. The number of anilines is 2. The zero-order valence-corrected chi connectivity index (χ0v) is 36.8. The number of aromatic nitrogens is 3. The Labute approximate surface area is 364 Å². The van der Waals surface area contributed by atoms with E-state index in [4.69, 9.17) is 4.74 Å². The number of amides is 4. The van der Waals surface area contributed by atoms with Gasteiger partial charge in [-0.2, -0.15) is 0 Å². The number of piperazine rings is 1. The predicted octanol–water partition coefficient (Wildman–Crippen LogP) is 8.05. The van der Waals surface area contributed by atoms with Crippen LogP contribution in [0.1, 0.15) is 83.5 Å². The van der Waals surface area contributed by atoms with Gasteiger partial charge in [0, 0.05) is 49.3 Å². The molecule has 0 bridgehead atoms. The third kappa shape index (κ3) is 10.1. The van der Waals surface area contributed by atoms with E-state index in [1.54, 1.807) is 47.5 Å². The van der Waals surface area contributed by atoms with Gasteiger partial charge in [-0.3, -0.25) is 14.4 Å². The van der Waals surface area contributed by atoms with Gasteiger partial charge in [0.15, 0.2) is 0 Å². The number of hydrogen-bond acceptors (Lipinski definition) is 9. The molecule has 2 aliphatic heterocycles. The summed E-state index contributed by atoms with van der Waals surface area (Å²) in [4.78, 5) is 70.5. The number of halogens is 3. The molecule has 3 fully saturated rings. The third-order valence-corrected chi connectivity index (χ3v) is 12.3. The van der Waals surface area contributed by atoms with Crippen LogP contribution in [0.15, 0.2) is 67.0 Å². The van der Waals surface area contributed by atoms with Gasteiger partial charge in [0.05, 0.1) is 36.9 Å². The average molecular weight is 873 g/mol. The monoisotopic (exact) mass is 872 g/mol. The number of methoxy groups -OCH3 is 1. The van der Waals surface area contributed by atoms with Crippen molar-refractivity contribution < 1.29 is 41.8 Å². The lowest BCUT2D eigenvalue weighted by Crippen LogP contribution is -2.54. The summed E-state index contributed by atoms with van der Waals surface area (Å²) >= 11 is 0. The third-order valence-electron chi connectivity index (χ3n) is 12.3. The first-order valence-electron chi connectivity index (χ1n) is 21.2. The zero-order chi connectivity index (χ0) is 45.6. The first kappa shape index (κ1) is 44.9. The van der Waals surface area contributed by atoms with E-state index in [0.29, 0.717) is 66.8 Å². The summed E-state index contributed by atoms with van der Waals surface area (Å²) in [6.45, 7) is 16.3. The van der Waals surface area contributed by atoms with E-state index < -0.39 is 36.2 Å². The van der Waals surface area contributed by atoms with E-state index in [9.17, 15) is 32.3 Å². The Bertz CT molecular complexity index is 2350. The maximum Gasteiger partial charge on any atom is 0.573 e. The maximum atomic E-state index is 13.8. The molecule has 4 amide bonds. The van der Waals surface area contributed by atoms with E-state index >= 15 is 0 Å². The SMILES string of the molecule is COC(=O)N[C@H](C(=O)N1CC(C)(C)C[C@H]1c1ncc(-c2ccc(-c3ccc(C(=O)Nc4ccc(N5CCN(C(=O)C6CC6(C)C)C[C@H]5C)nc4)cc3OC(F)(F)F)cc2)[nH]1)C(C)C. The van der Waals surface area contributed by atoms with Crippen molar-refractivity contribution in [2.45, 2.75) is 85.8 Å². The second-order valence-corrected chi connectivity index (χ2v) is 18.7. The highest BCUT2D eigenvalue weighted by Crippen LogP contribution is 2.52. The summed E-state index contributed by atoms with van der Waals surface area (Å²) in [5.74, 6) is -0.123. The fourth-order valence-electron chi connectivity index (χ4n) is 8.66. The number of ether oxygens (including phenoxy) is 2. The molecule has 7 rings (SSSR count). The number of imidazole rings is 1. The van der Waals surface area contributed by atoms with E-state index in [2.05, 4.69) is 62.9 Å². The smallest absolute Gasteiger partial charge is 0.453 e. The Morgan fingerprint density at radius 3 is 2.22 bits per heavy atom. The van der Waals surface area contributed by atoms with Crippen molar-refractivity contribution in [3.8, 4) is 28.1 Å². The van der Waals surface area contributed by atoms with Crippen molar-refractivity contribution in [3.05, 3.63) is 78.4 Å². The number of benzene rings is 2. The molecule has 4 atom stereocenters. The quantitative estimate of drug-likeness (QED) is 0.135. The summed E-state index contributed by atoms with van der Waals surface area (Å²) < 4.78 is 50.5. The second kappa shape index (κ2) is 17.2. The van der Waals surface area contributed by atoms with Crippen LogP contribution in [-0.4, -0.2) is 100 Å². The van der Waals surface area contributed by atoms with Crippen molar-refractivity contribution >= 4 is 35.3 Å². The molecule has 2 saturated heterocycles. The Balaban J connectivity index is 1.03. The molecular formula is C46H55F3N8O6. The number of carbonyl (C=O) groups is 4. The Hall–Kier alpha value is -6.13. The first-order chi connectivity index (χ1) is 29.6. The van der Waals surface area contributed by atoms with Gasteiger partial charge in [-0.15, -0.1) is 13.2 Å². The normalized spacial score (nSPS) is 20.9. The summed E-state index contributed by atoms with van der Waals surface area (Å²) in [6, 6.07) is 12.9. The lowest BCUT2D eigenvalue weighted by atomic mass is 9.90. The number of nitrogens with zero attached hydrogens (tertiary/aromatic N) is 5. The minimum Gasteiger partial charge on any atom is -0.453 e. The molecule has 0 spiro atoms. The fourth-order valence-corrected chi connectivity index (χ4v) is 8.66. The van der Waals surface area contributed by atoms with Crippen LogP contribution in [0, 0.1) is 22.7 Å². The van der Waals surface area contributed by atoms with Crippen LogP contribution in [0.2, 0.25) is 0 Å². The predicted molar refractivity (Wildman–Crippen MR) is 231 cm³/mol. The number of nitrogens with one attached hydrogen (secondary N) is 3. The van der Waals surface area contributed by atoms with Crippen molar-refractivity contribution in [1.29, 1.82) is 0 Å². The summed E-state index contributed by atoms with van der Waals surface area (Å²) in [5.41, 5.74) is 1.98. The molecule has 3 N–H and O–H groups in total. The standard InChI is InChI=1S/C46H55F3N8O6/c1-26(2)38(54-43(61)62-8)42(60)57-25-44(4,5)21-35(57)39-51-23-34(53-39)29-11-9-28(10-12-29)32-15-13-30(19-36(32)63-46(47,48)49)40(58)52-31-14-16-37(50-22-31)56-18-17-55(24-27(56)3)41(59)33-20-45(33,6)7/h9-16,19,22-23,26-27,33,35,38H,17-18,20-21,24-25H2,1-8H3,(H,51,53)(H,52,58)(H,54,61)/t27-,33?,35+,38+/m1/s1. The van der Waals surface area contributed by atoms with Crippen LogP contribution in [0.3, 0.4) is 0 Å². The molecule has 1 saturated carbocycles. The number of alkyl halides is 3. The molecular weight excluding hydrogens is 818 g/mol. The van der Waals surface area contributed by atoms with Gasteiger partial charge in [0.2, 0.25) is 11.8 Å². The number of H-pyrrole nitrogens is 1. The highest BCUT2D eigenvalue weighted by Gasteiger charge is 2.52. The Kier molecular flexibility index (Phi) is 12.3. The van der Waals surface area contributed by atoms with E-state index in [1.807, 2.05) is 25.7 Å². The number of alkyl carbamates (subject to hydrolysis) is 1. The molecule has 63 heavy (non-hydrogen) atoms. The number of carbonyl (C=O) groups excluding carboxylic acids is 4. The topological polar surface area (TPSA) is 162 Å². The van der Waals surface area contributed by atoms with Gasteiger partial charge in [0.25, 0.3) is 5.91 Å². The number of pyridine rings is 1. The van der Waals surface area contributed by atoms with Gasteiger partial charge < -0.3 is 39.8 Å². The van der Waals surface area contributed by atoms with E-state index in [0.717, 1.165) is 12.5 Å². The van der Waals surface area contributed by atoms with Crippen molar-refractivity contribution in [2.24, 2.45) is 22.7 Å². The summed E-state index contributed by atoms with van der Waals surface area (Å²) in [7, 11) is 1.24. The van der Waals surface area contributed by atoms with Crippen molar-refractivity contribution in [3.63, 3.8) is 0 Å². The highest BCUT2D eigenvalue weighted by atomic mass is 19.4. The van der Waals surface area contributed by atoms with Crippen LogP contribution in [0.25, 0.3) is 22.4 Å². The first-order valence-corrected chi connectivity index (χ1v) is 21.2. The van der Waals surface area contributed by atoms with Gasteiger partial charge in [-0.1, -0.05) is 65.8 Å². The lowest BCUT2D eigenvalue weighted by molar-refractivity contribution is -0.274. The fraction of sp³-hybridized carbons (Fsp3) is 0.478. The molecule has 0 radical (unpaired) electrons. The minimum atomic E-state index is -5.03. The van der Waals surface area contributed by atoms with Gasteiger partial charge >= 0.3 is 12.5 Å². The van der Waals surface area contributed by atoms with Gasteiger partial charge in [-0.25, -0.2) is 14.8 Å². The van der Waals surface area contributed by atoms with Crippen LogP contribution in [0.5, 0.6) is 5.75 Å². The molecule has 336 valence electrons. The van der Waals surface area contributed by atoms with Crippen LogP contribution in [-0.2, 0) is 14.3 Å². The molecule has 4 heterocycles. The molecule has 14 nitrogen and oxygen atoms in total. The molecule has 17 heteroatoms. The highest BCUT2D eigenvalue weighted by molar-refractivity contribution is 6.05. The molecule has 2 aromatic carbocycles. The number of hydrogen-bond donors (Lipinski definition) is 3. The number of aromatic amines is 1. The van der Waals surface area contributed by atoms with Crippen LogP contribution in [0.4, 0.5) is 29.5 Å². The number of rotatable bonds is 11. The molecule has 3 aliphatic rings. The second-order valence-electron chi connectivity index (χ2n) is 18.7. The van der Waals surface area contributed by atoms with Gasteiger partial charge in [-0.05, 0) is 78.0 Å². The summed E-state index contributed by atoms with van der Waals surface area (Å²) in [5, 5.41) is 5.38. The Morgan fingerprint density at radius 2 is 1.62 bits per heavy atom. The molecule has 1 unspecified atom stereocenters.